The van der Waals surface area contributed by atoms with Gasteiger partial charge in [-0.3, -0.25) is 4.79 Å². The SMILES string of the molecule is C=CCOC(=O)N1CC(C2=C(C(=O)O)N3C(=O)[C@H]([C@@H](C)O[Si](C)(C)C(C)(C)C)[C@H]3C2)C[C@H]1COC. The zero-order chi connectivity index (χ0) is 26.3. The van der Waals surface area contributed by atoms with Gasteiger partial charge in [0.15, 0.2) is 8.32 Å². The second-order valence-corrected chi connectivity index (χ2v) is 16.1. The number of aliphatic carboxylic acids is 1. The van der Waals surface area contributed by atoms with E-state index in [2.05, 4.69) is 40.4 Å². The van der Waals surface area contributed by atoms with Crippen LogP contribution in [-0.4, -0.2) is 86.2 Å². The van der Waals surface area contributed by atoms with Crippen LogP contribution in [0, 0.1) is 11.8 Å². The molecule has 0 aromatic heterocycles. The molecule has 2 amide bonds. The molecule has 1 N–H and O–H groups in total. The quantitative estimate of drug-likeness (QED) is 0.288. The second-order valence-electron chi connectivity index (χ2n) is 11.3. The van der Waals surface area contributed by atoms with Crippen LogP contribution in [0.2, 0.25) is 18.1 Å². The first-order chi connectivity index (χ1) is 16.2. The minimum atomic E-state index is -2.10. The van der Waals surface area contributed by atoms with E-state index in [-0.39, 0.29) is 53.3 Å². The fourth-order valence-electron chi connectivity index (χ4n) is 5.32. The number of ether oxygens (including phenoxy) is 2. The first kappa shape index (κ1) is 27.4. The van der Waals surface area contributed by atoms with Gasteiger partial charge >= 0.3 is 12.1 Å². The molecule has 9 nitrogen and oxygen atoms in total. The van der Waals surface area contributed by atoms with Crippen molar-refractivity contribution in [3.63, 3.8) is 0 Å². The van der Waals surface area contributed by atoms with Crippen molar-refractivity contribution < 1.29 is 33.4 Å². The number of fused-ring (bicyclic) bond motifs is 1. The zero-order valence-electron chi connectivity index (χ0n) is 22.0. The number of hydrogen-bond donors (Lipinski definition) is 1. The van der Waals surface area contributed by atoms with Crippen LogP contribution in [-0.2, 0) is 23.5 Å². The summed E-state index contributed by atoms with van der Waals surface area (Å²) in [5, 5.41) is 10.0. The first-order valence-corrected chi connectivity index (χ1v) is 15.2. The van der Waals surface area contributed by atoms with Crippen LogP contribution < -0.4 is 0 Å². The van der Waals surface area contributed by atoms with Crippen molar-refractivity contribution in [3.05, 3.63) is 23.9 Å². The highest BCUT2D eigenvalue weighted by molar-refractivity contribution is 6.74. The predicted molar refractivity (Wildman–Crippen MR) is 133 cm³/mol. The summed E-state index contributed by atoms with van der Waals surface area (Å²) in [4.78, 5) is 41.1. The van der Waals surface area contributed by atoms with Gasteiger partial charge in [0.05, 0.1) is 30.7 Å². The van der Waals surface area contributed by atoms with E-state index in [1.165, 1.54) is 11.0 Å². The van der Waals surface area contributed by atoms with Crippen LogP contribution in [0.5, 0.6) is 0 Å². The third-order valence-electron chi connectivity index (χ3n) is 8.06. The van der Waals surface area contributed by atoms with Crippen molar-refractivity contribution >= 4 is 26.3 Å². The zero-order valence-corrected chi connectivity index (χ0v) is 23.0. The summed E-state index contributed by atoms with van der Waals surface area (Å²) in [5.41, 5.74) is 0.788. The Hall–Kier alpha value is -2.17. The maximum Gasteiger partial charge on any atom is 0.410 e. The Balaban J connectivity index is 1.81. The first-order valence-electron chi connectivity index (χ1n) is 12.3. The van der Waals surface area contributed by atoms with E-state index < -0.39 is 20.4 Å². The van der Waals surface area contributed by atoms with Crippen LogP contribution in [0.1, 0.15) is 40.5 Å². The van der Waals surface area contributed by atoms with Gasteiger partial charge in [0.2, 0.25) is 5.91 Å². The van der Waals surface area contributed by atoms with Gasteiger partial charge in [-0.2, -0.15) is 0 Å². The molecule has 10 heteroatoms. The molecule has 196 valence electrons. The van der Waals surface area contributed by atoms with E-state index in [0.717, 1.165) is 5.57 Å². The van der Waals surface area contributed by atoms with Gasteiger partial charge in [0.1, 0.15) is 12.3 Å². The summed E-state index contributed by atoms with van der Waals surface area (Å²) >= 11 is 0. The number of hydrogen-bond acceptors (Lipinski definition) is 6. The average Bonchev–Trinajstić information content (AvgIpc) is 3.30. The maximum absolute atomic E-state index is 13.2. The Bertz CT molecular complexity index is 910. The molecular formula is C25H40N2O7Si. The topological polar surface area (TPSA) is 106 Å². The largest absolute Gasteiger partial charge is 0.477 e. The van der Waals surface area contributed by atoms with Gasteiger partial charge in [0, 0.05) is 19.6 Å². The number of amides is 2. The molecule has 0 aromatic carbocycles. The van der Waals surface area contributed by atoms with Crippen LogP contribution in [0.4, 0.5) is 4.79 Å². The van der Waals surface area contributed by atoms with Crippen LogP contribution >= 0.6 is 0 Å². The maximum atomic E-state index is 13.2. The summed E-state index contributed by atoms with van der Waals surface area (Å²) < 4.78 is 17.1. The molecule has 3 rings (SSSR count). The van der Waals surface area contributed by atoms with Crippen molar-refractivity contribution in [3.8, 4) is 0 Å². The van der Waals surface area contributed by atoms with E-state index in [0.29, 0.717) is 26.0 Å². The van der Waals surface area contributed by atoms with Gasteiger partial charge in [-0.15, -0.1) is 0 Å². The monoisotopic (exact) mass is 508 g/mol. The van der Waals surface area contributed by atoms with Crippen LogP contribution in [0.3, 0.4) is 0 Å². The normalized spacial score (nSPS) is 27.6. The minimum absolute atomic E-state index is 0.00290. The Morgan fingerprint density at radius 2 is 1.97 bits per heavy atom. The summed E-state index contributed by atoms with van der Waals surface area (Å²) in [7, 11) is -0.532. The molecule has 0 saturated carbocycles. The lowest BCUT2D eigenvalue weighted by Gasteiger charge is -2.48. The standard InChI is InChI=1S/C25H40N2O7Si/c1-9-10-33-24(31)26-13-16(11-17(26)14-32-6)18-12-19-20(22(28)27(19)21(18)23(29)30)15(2)34-35(7,8)25(3,4)5/h9,15-17,19-20H,1,10-14H2,2-8H3,(H,29,30)/t15-,16?,17+,19-,20-/m1/s1. The highest BCUT2D eigenvalue weighted by Gasteiger charge is 2.59. The van der Waals surface area contributed by atoms with Crippen molar-refractivity contribution in [1.82, 2.24) is 9.80 Å². The van der Waals surface area contributed by atoms with Gasteiger partial charge in [-0.05, 0) is 43.5 Å². The molecular weight excluding hydrogens is 468 g/mol. The Morgan fingerprint density at radius 1 is 1.31 bits per heavy atom. The highest BCUT2D eigenvalue weighted by Crippen LogP contribution is 2.49. The van der Waals surface area contributed by atoms with Gasteiger partial charge in [-0.1, -0.05) is 33.4 Å². The lowest BCUT2D eigenvalue weighted by Crippen LogP contribution is -2.63. The summed E-state index contributed by atoms with van der Waals surface area (Å²) in [6.45, 7) is 17.0. The lowest BCUT2D eigenvalue weighted by atomic mass is 9.81. The van der Waals surface area contributed by atoms with E-state index in [4.69, 9.17) is 13.9 Å². The number of methoxy groups -OCH3 is 1. The Kier molecular flexibility index (Phi) is 7.88. The number of carboxylic acids is 1. The van der Waals surface area contributed by atoms with Crippen molar-refractivity contribution in [2.45, 2.75) is 76.9 Å². The lowest BCUT2D eigenvalue weighted by molar-refractivity contribution is -0.160. The predicted octanol–water partition coefficient (Wildman–Crippen LogP) is 3.63. The number of carbonyl (C=O) groups excluding carboxylic acids is 2. The molecule has 2 fully saturated rings. The van der Waals surface area contributed by atoms with Crippen molar-refractivity contribution in [2.75, 3.05) is 26.9 Å². The van der Waals surface area contributed by atoms with E-state index in [1.807, 2.05) is 6.92 Å². The average molecular weight is 509 g/mol. The van der Waals surface area contributed by atoms with E-state index in [1.54, 1.807) is 12.0 Å². The molecule has 5 atom stereocenters. The molecule has 0 radical (unpaired) electrons. The molecule has 35 heavy (non-hydrogen) atoms. The number of β-lactam (4-membered cyclic amide) rings is 1. The second kappa shape index (κ2) is 10.1. The number of likely N-dealkylation sites (tertiary alicyclic amines) is 1. The summed E-state index contributed by atoms with van der Waals surface area (Å²) in [6.07, 6.45) is 1.76. The molecule has 1 unspecified atom stereocenters. The minimum Gasteiger partial charge on any atom is -0.477 e. The molecule has 0 bridgehead atoms. The van der Waals surface area contributed by atoms with Crippen molar-refractivity contribution in [2.24, 2.45) is 11.8 Å². The number of carbonyl (C=O) groups is 3. The Labute approximate surface area is 209 Å². The fourth-order valence-corrected chi connectivity index (χ4v) is 6.75. The molecule has 0 aliphatic carbocycles. The number of rotatable bonds is 9. The molecule has 2 saturated heterocycles. The van der Waals surface area contributed by atoms with E-state index >= 15 is 0 Å². The molecule has 3 heterocycles. The van der Waals surface area contributed by atoms with Gasteiger partial charge in [-0.25, -0.2) is 9.59 Å². The van der Waals surface area contributed by atoms with E-state index in [9.17, 15) is 19.5 Å². The summed E-state index contributed by atoms with van der Waals surface area (Å²) in [6, 6.07) is -0.462. The molecule has 0 spiro atoms. The smallest absolute Gasteiger partial charge is 0.410 e. The highest BCUT2D eigenvalue weighted by atomic mass is 28.4. The molecule has 0 aromatic rings. The Morgan fingerprint density at radius 3 is 2.51 bits per heavy atom. The third-order valence-corrected chi connectivity index (χ3v) is 12.6. The number of nitrogens with zero attached hydrogens (tertiary/aromatic N) is 2. The van der Waals surface area contributed by atoms with Crippen LogP contribution in [0.15, 0.2) is 23.9 Å². The van der Waals surface area contributed by atoms with Crippen LogP contribution in [0.25, 0.3) is 0 Å². The number of carboxylic acid groups (broad SMARTS) is 1. The fraction of sp³-hybridized carbons (Fsp3) is 0.720. The molecule has 3 aliphatic heterocycles. The third kappa shape index (κ3) is 5.06. The summed E-state index contributed by atoms with van der Waals surface area (Å²) in [5.74, 6) is -1.86. The van der Waals surface area contributed by atoms with Gasteiger partial charge < -0.3 is 28.8 Å². The molecule has 3 aliphatic rings. The van der Waals surface area contributed by atoms with Crippen molar-refractivity contribution in [1.29, 1.82) is 0 Å². The van der Waals surface area contributed by atoms with Gasteiger partial charge in [0.25, 0.3) is 0 Å².